The van der Waals surface area contributed by atoms with E-state index in [1.54, 1.807) is 0 Å². The smallest absolute Gasteiger partial charge is 0.0718 e. The van der Waals surface area contributed by atoms with E-state index in [0.29, 0.717) is 6.04 Å². The van der Waals surface area contributed by atoms with Gasteiger partial charge in [0.1, 0.15) is 0 Å². The molecule has 0 saturated carbocycles. The van der Waals surface area contributed by atoms with Crippen LogP contribution in [0.25, 0.3) is 10.9 Å². The van der Waals surface area contributed by atoms with Crippen LogP contribution in [0.3, 0.4) is 0 Å². The summed E-state index contributed by atoms with van der Waals surface area (Å²) in [6, 6.07) is 9.19. The lowest BCUT2D eigenvalue weighted by molar-refractivity contribution is 0.324. The zero-order valence-corrected chi connectivity index (χ0v) is 11.9. The van der Waals surface area contributed by atoms with Gasteiger partial charge in [-0.25, -0.2) is 0 Å². The third-order valence-corrected chi connectivity index (χ3v) is 4.24. The second-order valence-corrected chi connectivity index (χ2v) is 5.77. The molecule has 1 aliphatic heterocycles. The van der Waals surface area contributed by atoms with Crippen molar-refractivity contribution in [3.05, 3.63) is 30.0 Å². The van der Waals surface area contributed by atoms with Gasteiger partial charge < -0.3 is 5.32 Å². The largest absolute Gasteiger partial charge is 0.313 e. The second kappa shape index (κ2) is 5.33. The first-order valence-electron chi connectivity index (χ1n) is 7.45. The number of rotatable bonds is 3. The van der Waals surface area contributed by atoms with Crippen molar-refractivity contribution in [2.45, 2.75) is 45.7 Å². The number of para-hydroxylation sites is 1. The van der Waals surface area contributed by atoms with Crippen LogP contribution in [-0.4, -0.2) is 22.4 Å². The predicted molar refractivity (Wildman–Crippen MR) is 79.3 cm³/mol. The topological polar surface area (TPSA) is 29.9 Å². The minimum atomic E-state index is 0.597. The molecule has 1 aromatic heterocycles. The Bertz CT molecular complexity index is 550. The number of nitrogens with zero attached hydrogens (tertiary/aromatic N) is 2. The van der Waals surface area contributed by atoms with Gasteiger partial charge in [0, 0.05) is 24.4 Å². The van der Waals surface area contributed by atoms with E-state index in [0.717, 1.165) is 25.4 Å². The number of aromatic nitrogens is 2. The molecule has 1 saturated heterocycles. The van der Waals surface area contributed by atoms with E-state index in [2.05, 4.69) is 48.1 Å². The Balaban J connectivity index is 1.84. The molecule has 0 spiro atoms. The number of nitrogens with one attached hydrogen (secondary N) is 1. The van der Waals surface area contributed by atoms with E-state index in [1.165, 1.54) is 29.4 Å². The molecule has 1 fully saturated rings. The highest BCUT2D eigenvalue weighted by Crippen LogP contribution is 2.22. The molecule has 19 heavy (non-hydrogen) atoms. The van der Waals surface area contributed by atoms with Gasteiger partial charge in [-0.05, 0) is 38.3 Å². The number of fused-ring (bicyclic) bond motifs is 1. The standard InChI is InChI=1S/C16H23N3/c1-3-19-16-7-5-4-6-14(16)15(18-19)10-13-9-8-12(2)11-17-13/h4-7,12-13,17H,3,8-11H2,1-2H3. The molecule has 0 radical (unpaired) electrons. The summed E-state index contributed by atoms with van der Waals surface area (Å²) in [5.74, 6) is 0.821. The van der Waals surface area contributed by atoms with E-state index in [4.69, 9.17) is 5.10 Å². The third kappa shape index (κ3) is 2.52. The quantitative estimate of drug-likeness (QED) is 0.916. The van der Waals surface area contributed by atoms with Crippen molar-refractivity contribution in [1.29, 1.82) is 0 Å². The summed E-state index contributed by atoms with van der Waals surface area (Å²) < 4.78 is 2.12. The third-order valence-electron chi connectivity index (χ3n) is 4.24. The molecule has 1 aromatic carbocycles. The lowest BCUT2D eigenvalue weighted by Gasteiger charge is -2.27. The van der Waals surface area contributed by atoms with Crippen molar-refractivity contribution in [3.63, 3.8) is 0 Å². The van der Waals surface area contributed by atoms with Gasteiger partial charge in [-0.1, -0.05) is 25.1 Å². The van der Waals surface area contributed by atoms with Crippen molar-refractivity contribution >= 4 is 10.9 Å². The van der Waals surface area contributed by atoms with Crippen LogP contribution in [0.4, 0.5) is 0 Å². The van der Waals surface area contributed by atoms with E-state index in [-0.39, 0.29) is 0 Å². The van der Waals surface area contributed by atoms with Crippen LogP contribution in [0, 0.1) is 5.92 Å². The Kier molecular flexibility index (Phi) is 3.56. The molecule has 102 valence electrons. The molecule has 2 heterocycles. The molecule has 3 rings (SSSR count). The second-order valence-electron chi connectivity index (χ2n) is 5.77. The molecule has 2 aromatic rings. The van der Waals surface area contributed by atoms with Crippen LogP contribution in [0.1, 0.15) is 32.4 Å². The van der Waals surface area contributed by atoms with Crippen molar-refractivity contribution < 1.29 is 0 Å². The van der Waals surface area contributed by atoms with Crippen molar-refractivity contribution in [2.75, 3.05) is 6.54 Å². The zero-order chi connectivity index (χ0) is 13.2. The van der Waals surface area contributed by atoms with Crippen LogP contribution in [0.15, 0.2) is 24.3 Å². The minimum Gasteiger partial charge on any atom is -0.313 e. The van der Waals surface area contributed by atoms with E-state index in [9.17, 15) is 0 Å². The lowest BCUT2D eigenvalue weighted by atomic mass is 9.93. The van der Waals surface area contributed by atoms with Crippen LogP contribution in [-0.2, 0) is 13.0 Å². The molecule has 2 unspecified atom stereocenters. The maximum absolute atomic E-state index is 4.80. The Morgan fingerprint density at radius 3 is 2.89 bits per heavy atom. The van der Waals surface area contributed by atoms with Gasteiger partial charge in [0.25, 0.3) is 0 Å². The summed E-state index contributed by atoms with van der Waals surface area (Å²) in [6.07, 6.45) is 3.67. The summed E-state index contributed by atoms with van der Waals surface area (Å²) in [4.78, 5) is 0. The Morgan fingerprint density at radius 1 is 1.32 bits per heavy atom. The molecule has 0 bridgehead atoms. The van der Waals surface area contributed by atoms with Crippen molar-refractivity contribution in [1.82, 2.24) is 15.1 Å². The van der Waals surface area contributed by atoms with Gasteiger partial charge in [0.2, 0.25) is 0 Å². The molecule has 3 heteroatoms. The lowest BCUT2D eigenvalue weighted by Crippen LogP contribution is -2.39. The first-order valence-corrected chi connectivity index (χ1v) is 7.45. The molecule has 0 amide bonds. The van der Waals surface area contributed by atoms with Crippen LogP contribution in [0.2, 0.25) is 0 Å². The molecule has 3 nitrogen and oxygen atoms in total. The van der Waals surface area contributed by atoms with Gasteiger partial charge in [-0.15, -0.1) is 0 Å². The fourth-order valence-electron chi connectivity index (χ4n) is 3.05. The van der Waals surface area contributed by atoms with E-state index in [1.807, 2.05) is 0 Å². The molecular weight excluding hydrogens is 234 g/mol. The molecule has 2 atom stereocenters. The highest BCUT2D eigenvalue weighted by molar-refractivity contribution is 5.82. The highest BCUT2D eigenvalue weighted by Gasteiger charge is 2.20. The van der Waals surface area contributed by atoms with E-state index >= 15 is 0 Å². The van der Waals surface area contributed by atoms with Gasteiger partial charge in [-0.3, -0.25) is 4.68 Å². The van der Waals surface area contributed by atoms with E-state index < -0.39 is 0 Å². The number of hydrogen-bond acceptors (Lipinski definition) is 2. The first kappa shape index (κ1) is 12.7. The number of benzene rings is 1. The predicted octanol–water partition coefficient (Wildman–Crippen LogP) is 2.99. The SMILES string of the molecule is CCn1nc(CC2CCC(C)CN2)c2ccccc21. The zero-order valence-electron chi connectivity index (χ0n) is 11.9. The summed E-state index contributed by atoms with van der Waals surface area (Å²) in [7, 11) is 0. The molecule has 0 aliphatic carbocycles. The maximum Gasteiger partial charge on any atom is 0.0718 e. The highest BCUT2D eigenvalue weighted by atomic mass is 15.3. The Morgan fingerprint density at radius 2 is 2.16 bits per heavy atom. The monoisotopic (exact) mass is 257 g/mol. The van der Waals surface area contributed by atoms with Crippen LogP contribution < -0.4 is 5.32 Å². The minimum absolute atomic E-state index is 0.597. The Hall–Kier alpha value is -1.35. The average molecular weight is 257 g/mol. The average Bonchev–Trinajstić information content (AvgIpc) is 2.80. The fourth-order valence-corrected chi connectivity index (χ4v) is 3.05. The molecule has 1 N–H and O–H groups in total. The van der Waals surface area contributed by atoms with Gasteiger partial charge in [-0.2, -0.15) is 5.10 Å². The summed E-state index contributed by atoms with van der Waals surface area (Å²) in [5.41, 5.74) is 2.52. The fraction of sp³-hybridized carbons (Fsp3) is 0.562. The van der Waals surface area contributed by atoms with Crippen LogP contribution >= 0.6 is 0 Å². The summed E-state index contributed by atoms with van der Waals surface area (Å²) >= 11 is 0. The maximum atomic E-state index is 4.80. The number of piperidine rings is 1. The normalized spacial score (nSPS) is 23.9. The molecule has 1 aliphatic rings. The first-order chi connectivity index (χ1) is 9.28. The molecular formula is C16H23N3. The van der Waals surface area contributed by atoms with Crippen molar-refractivity contribution in [3.8, 4) is 0 Å². The Labute approximate surface area is 115 Å². The van der Waals surface area contributed by atoms with Gasteiger partial charge >= 0.3 is 0 Å². The van der Waals surface area contributed by atoms with Crippen molar-refractivity contribution in [2.24, 2.45) is 5.92 Å². The van der Waals surface area contributed by atoms with Gasteiger partial charge in [0.15, 0.2) is 0 Å². The van der Waals surface area contributed by atoms with Crippen LogP contribution in [0.5, 0.6) is 0 Å². The number of aryl methyl sites for hydroxylation is 1. The summed E-state index contributed by atoms with van der Waals surface area (Å²) in [6.45, 7) is 6.57. The van der Waals surface area contributed by atoms with Gasteiger partial charge in [0.05, 0.1) is 11.2 Å². The summed E-state index contributed by atoms with van der Waals surface area (Å²) in [5, 5.41) is 9.78. The number of hydrogen-bond donors (Lipinski definition) is 1.